The van der Waals surface area contributed by atoms with Crippen LogP contribution in [0.4, 0.5) is 5.69 Å². The van der Waals surface area contributed by atoms with Gasteiger partial charge in [-0.3, -0.25) is 5.01 Å². The molecule has 2 aromatic rings. The minimum atomic E-state index is 1.11. The van der Waals surface area contributed by atoms with Gasteiger partial charge in [0.05, 0.1) is 11.9 Å². The van der Waals surface area contributed by atoms with Crippen LogP contribution in [0.15, 0.2) is 53.6 Å². The average Bonchev–Trinajstić information content (AvgIpc) is 2.36. The second-order valence-electron chi connectivity index (χ2n) is 4.52. The van der Waals surface area contributed by atoms with Gasteiger partial charge in [-0.25, -0.2) is 0 Å². The molecule has 0 spiro atoms. The minimum absolute atomic E-state index is 1.11. The molecule has 0 aliphatic heterocycles. The molecule has 0 saturated carbocycles. The summed E-state index contributed by atoms with van der Waals surface area (Å²) in [5.74, 6) is 0. The van der Waals surface area contributed by atoms with Gasteiger partial charge in [-0.1, -0.05) is 36.4 Å². The summed E-state index contributed by atoms with van der Waals surface area (Å²) in [6.45, 7) is 4.20. The van der Waals surface area contributed by atoms with E-state index in [2.05, 4.69) is 37.1 Å². The van der Waals surface area contributed by atoms with Crippen molar-refractivity contribution >= 4 is 11.9 Å². The Morgan fingerprint density at radius 3 is 2.17 bits per heavy atom. The van der Waals surface area contributed by atoms with E-state index in [-0.39, 0.29) is 0 Å². The van der Waals surface area contributed by atoms with Crippen molar-refractivity contribution in [1.29, 1.82) is 0 Å². The van der Waals surface area contributed by atoms with Crippen LogP contribution in [-0.4, -0.2) is 13.3 Å². The largest absolute Gasteiger partial charge is 0.269 e. The molecule has 0 aliphatic carbocycles. The summed E-state index contributed by atoms with van der Waals surface area (Å²) in [6, 6.07) is 16.5. The first-order chi connectivity index (χ1) is 8.65. The molecule has 0 fully saturated rings. The number of anilines is 1. The highest BCUT2D eigenvalue weighted by atomic mass is 15.4. The summed E-state index contributed by atoms with van der Waals surface area (Å²) in [5, 5.41) is 6.35. The van der Waals surface area contributed by atoms with E-state index in [1.165, 1.54) is 11.1 Å². The molecule has 0 unspecified atom stereocenters. The molecular weight excluding hydrogens is 220 g/mol. The van der Waals surface area contributed by atoms with Gasteiger partial charge in [-0.05, 0) is 42.7 Å². The van der Waals surface area contributed by atoms with Gasteiger partial charge in [0.25, 0.3) is 0 Å². The average molecular weight is 238 g/mol. The molecule has 18 heavy (non-hydrogen) atoms. The van der Waals surface area contributed by atoms with E-state index < -0.39 is 0 Å². The van der Waals surface area contributed by atoms with Gasteiger partial charge < -0.3 is 0 Å². The quantitative estimate of drug-likeness (QED) is 0.587. The molecule has 0 aromatic heterocycles. The smallest absolute Gasteiger partial charge is 0.0595 e. The molecule has 0 radical (unpaired) electrons. The topological polar surface area (TPSA) is 15.6 Å². The van der Waals surface area contributed by atoms with E-state index in [1.807, 2.05) is 48.6 Å². The maximum absolute atomic E-state index is 4.46. The molecule has 2 rings (SSSR count). The molecule has 0 atom stereocenters. The van der Waals surface area contributed by atoms with Crippen LogP contribution in [0.25, 0.3) is 0 Å². The first-order valence-corrected chi connectivity index (χ1v) is 6.06. The zero-order valence-corrected chi connectivity index (χ0v) is 11.1. The first-order valence-electron chi connectivity index (χ1n) is 6.06. The minimum Gasteiger partial charge on any atom is -0.269 e. The highest BCUT2D eigenvalue weighted by Crippen LogP contribution is 2.17. The van der Waals surface area contributed by atoms with Crippen LogP contribution in [0.2, 0.25) is 0 Å². The lowest BCUT2D eigenvalue weighted by Gasteiger charge is -2.14. The molecule has 0 amide bonds. The third-order valence-corrected chi connectivity index (χ3v) is 2.76. The third-order valence-electron chi connectivity index (χ3n) is 2.76. The van der Waals surface area contributed by atoms with Crippen LogP contribution in [0, 0.1) is 13.8 Å². The maximum atomic E-state index is 4.46. The number of hydrazone groups is 1. The number of rotatable bonds is 3. The number of benzene rings is 2. The lowest BCUT2D eigenvalue weighted by atomic mass is 10.1. The number of aryl methyl sites for hydroxylation is 2. The summed E-state index contributed by atoms with van der Waals surface area (Å²) < 4.78 is 0. The fraction of sp³-hybridized carbons (Fsp3) is 0.188. The van der Waals surface area contributed by atoms with Crippen molar-refractivity contribution in [3.63, 3.8) is 0 Å². The van der Waals surface area contributed by atoms with E-state index >= 15 is 0 Å². The first kappa shape index (κ1) is 12.4. The Morgan fingerprint density at radius 2 is 1.56 bits per heavy atom. The molecule has 0 bridgehead atoms. The van der Waals surface area contributed by atoms with Crippen LogP contribution in [0.5, 0.6) is 0 Å². The Bertz CT molecular complexity index is 524. The summed E-state index contributed by atoms with van der Waals surface area (Å²) in [7, 11) is 1.97. The molecule has 2 heteroatoms. The van der Waals surface area contributed by atoms with Crippen LogP contribution in [0.3, 0.4) is 0 Å². The highest BCUT2D eigenvalue weighted by molar-refractivity contribution is 5.80. The Labute approximate surface area is 109 Å². The summed E-state index contributed by atoms with van der Waals surface area (Å²) in [5.41, 5.74) is 4.73. The van der Waals surface area contributed by atoms with Gasteiger partial charge in [0, 0.05) is 7.05 Å². The zero-order chi connectivity index (χ0) is 13.0. The van der Waals surface area contributed by atoms with Gasteiger partial charge >= 0.3 is 0 Å². The maximum Gasteiger partial charge on any atom is 0.0595 e. The van der Waals surface area contributed by atoms with Crippen LogP contribution in [-0.2, 0) is 0 Å². The van der Waals surface area contributed by atoms with Crippen molar-refractivity contribution in [1.82, 2.24) is 0 Å². The Hall–Kier alpha value is -2.09. The lowest BCUT2D eigenvalue weighted by Crippen LogP contribution is -2.09. The SMILES string of the molecule is Cc1cc(C)cc(N(C)/N=C/c2ccccc2)c1. The monoisotopic (exact) mass is 238 g/mol. The Balaban J connectivity index is 2.17. The fourth-order valence-electron chi connectivity index (χ4n) is 1.90. The second kappa shape index (κ2) is 5.50. The van der Waals surface area contributed by atoms with E-state index in [0.29, 0.717) is 0 Å². The molecule has 0 saturated heterocycles. The van der Waals surface area contributed by atoms with Gasteiger partial charge in [0.1, 0.15) is 0 Å². The predicted octanol–water partition coefficient (Wildman–Crippen LogP) is 3.77. The molecule has 0 N–H and O–H groups in total. The molecule has 2 aromatic carbocycles. The van der Waals surface area contributed by atoms with Crippen molar-refractivity contribution in [3.05, 3.63) is 65.2 Å². The fourth-order valence-corrected chi connectivity index (χ4v) is 1.90. The van der Waals surface area contributed by atoms with Crippen LogP contribution in [0.1, 0.15) is 16.7 Å². The van der Waals surface area contributed by atoms with E-state index in [4.69, 9.17) is 0 Å². The van der Waals surface area contributed by atoms with Crippen LogP contribution < -0.4 is 5.01 Å². The highest BCUT2D eigenvalue weighted by Gasteiger charge is 1.99. The summed E-state index contributed by atoms with van der Waals surface area (Å²) in [4.78, 5) is 0. The number of hydrogen-bond donors (Lipinski definition) is 0. The number of nitrogens with zero attached hydrogens (tertiary/aromatic N) is 2. The van der Waals surface area contributed by atoms with Gasteiger partial charge in [-0.15, -0.1) is 0 Å². The Morgan fingerprint density at radius 1 is 0.944 bits per heavy atom. The second-order valence-corrected chi connectivity index (χ2v) is 4.52. The lowest BCUT2D eigenvalue weighted by molar-refractivity contribution is 1.02. The molecule has 0 aliphatic rings. The predicted molar refractivity (Wildman–Crippen MR) is 78.4 cm³/mol. The van der Waals surface area contributed by atoms with Crippen molar-refractivity contribution in [2.24, 2.45) is 5.10 Å². The number of hydrogen-bond acceptors (Lipinski definition) is 2. The van der Waals surface area contributed by atoms with Crippen LogP contribution >= 0.6 is 0 Å². The summed E-state index contributed by atoms with van der Waals surface area (Å²) in [6.07, 6.45) is 1.87. The van der Waals surface area contributed by atoms with Gasteiger partial charge in [0.15, 0.2) is 0 Å². The van der Waals surface area contributed by atoms with Crippen molar-refractivity contribution in [3.8, 4) is 0 Å². The van der Waals surface area contributed by atoms with Crippen molar-refractivity contribution < 1.29 is 0 Å². The molecule has 92 valence electrons. The van der Waals surface area contributed by atoms with E-state index in [1.54, 1.807) is 0 Å². The standard InChI is InChI=1S/C16H18N2/c1-13-9-14(2)11-16(10-13)18(3)17-12-15-7-5-4-6-8-15/h4-12H,1-3H3/b17-12+. The van der Waals surface area contributed by atoms with Gasteiger partial charge in [-0.2, -0.15) is 5.10 Å². The van der Waals surface area contributed by atoms with Gasteiger partial charge in [0.2, 0.25) is 0 Å². The van der Waals surface area contributed by atoms with Crippen molar-refractivity contribution in [2.75, 3.05) is 12.1 Å². The van der Waals surface area contributed by atoms with E-state index in [0.717, 1.165) is 11.3 Å². The molecule has 2 nitrogen and oxygen atoms in total. The third kappa shape index (κ3) is 3.20. The molecular formula is C16H18N2. The van der Waals surface area contributed by atoms with Crippen molar-refractivity contribution in [2.45, 2.75) is 13.8 Å². The van der Waals surface area contributed by atoms with E-state index in [9.17, 15) is 0 Å². The zero-order valence-electron chi connectivity index (χ0n) is 11.1. The Kier molecular flexibility index (Phi) is 3.78. The summed E-state index contributed by atoms with van der Waals surface area (Å²) >= 11 is 0. The normalized spacial score (nSPS) is 10.8. The molecule has 0 heterocycles.